The standard InChI is InChI=1S/C17H22O6/c1-8-12-10(20-9(2)18)7-17(4)11(22-17)5-6-16(3)14(23-16)13(12)21-15(8)19/h10-14H,1,5-7H2,2-4H3/t10-,11-,12+,13+,14-,16-,17-/m1/s1. The molecule has 0 aromatic heterocycles. The molecule has 0 spiro atoms. The zero-order valence-corrected chi connectivity index (χ0v) is 13.7. The highest BCUT2D eigenvalue weighted by Crippen LogP contribution is 2.54. The minimum absolute atomic E-state index is 0.144. The summed E-state index contributed by atoms with van der Waals surface area (Å²) in [5.41, 5.74) is -0.270. The highest BCUT2D eigenvalue weighted by molar-refractivity contribution is 5.91. The predicted molar refractivity (Wildman–Crippen MR) is 78.5 cm³/mol. The molecule has 0 aromatic carbocycles. The number of esters is 2. The van der Waals surface area contributed by atoms with Crippen LogP contribution in [0.5, 0.6) is 0 Å². The average molecular weight is 322 g/mol. The minimum Gasteiger partial charge on any atom is -0.462 e. The lowest BCUT2D eigenvalue weighted by Crippen LogP contribution is -2.40. The summed E-state index contributed by atoms with van der Waals surface area (Å²) in [6.07, 6.45) is 1.34. The van der Waals surface area contributed by atoms with Crippen LogP contribution in [0.4, 0.5) is 0 Å². The molecule has 4 fully saturated rings. The van der Waals surface area contributed by atoms with Crippen LogP contribution < -0.4 is 0 Å². The van der Waals surface area contributed by atoms with Crippen LogP contribution in [-0.4, -0.2) is 47.6 Å². The van der Waals surface area contributed by atoms with Gasteiger partial charge in [0.2, 0.25) is 0 Å². The molecular formula is C17H22O6. The van der Waals surface area contributed by atoms with E-state index >= 15 is 0 Å². The van der Waals surface area contributed by atoms with E-state index in [2.05, 4.69) is 6.58 Å². The summed E-state index contributed by atoms with van der Waals surface area (Å²) in [6.45, 7) is 9.31. The molecule has 1 saturated carbocycles. The number of fused-ring (bicyclic) bond motifs is 4. The molecule has 3 heterocycles. The Kier molecular flexibility index (Phi) is 3.01. The molecule has 1 aliphatic carbocycles. The van der Waals surface area contributed by atoms with Crippen LogP contribution in [0.1, 0.15) is 40.0 Å². The van der Waals surface area contributed by atoms with Gasteiger partial charge < -0.3 is 18.9 Å². The van der Waals surface area contributed by atoms with Gasteiger partial charge in [-0.15, -0.1) is 0 Å². The fraction of sp³-hybridized carbons (Fsp3) is 0.765. The summed E-state index contributed by atoms with van der Waals surface area (Å²) in [4.78, 5) is 23.6. The fourth-order valence-electron chi connectivity index (χ4n) is 4.27. The molecule has 4 rings (SSSR count). The largest absolute Gasteiger partial charge is 0.462 e. The first-order chi connectivity index (χ1) is 10.7. The van der Waals surface area contributed by atoms with E-state index in [-0.39, 0.29) is 35.3 Å². The molecule has 126 valence electrons. The minimum atomic E-state index is -0.488. The number of hydrogen-bond donors (Lipinski definition) is 0. The van der Waals surface area contributed by atoms with Crippen LogP contribution in [0.2, 0.25) is 0 Å². The molecule has 0 unspecified atom stereocenters. The van der Waals surface area contributed by atoms with Crippen LogP contribution >= 0.6 is 0 Å². The highest BCUT2D eigenvalue weighted by atomic mass is 16.7. The Hall–Kier alpha value is -1.40. The Morgan fingerprint density at radius 1 is 1.30 bits per heavy atom. The van der Waals surface area contributed by atoms with Crippen LogP contribution in [0.25, 0.3) is 0 Å². The van der Waals surface area contributed by atoms with Crippen molar-refractivity contribution >= 4 is 11.9 Å². The third kappa shape index (κ3) is 2.31. The summed E-state index contributed by atoms with van der Waals surface area (Å²) in [5, 5.41) is 0. The van der Waals surface area contributed by atoms with Crippen molar-refractivity contribution in [3.63, 3.8) is 0 Å². The Labute approximate surface area is 135 Å². The zero-order valence-electron chi connectivity index (χ0n) is 13.7. The second kappa shape index (κ2) is 4.57. The van der Waals surface area contributed by atoms with Gasteiger partial charge in [0, 0.05) is 18.9 Å². The van der Waals surface area contributed by atoms with Crippen molar-refractivity contribution in [2.45, 2.75) is 75.7 Å². The molecule has 0 amide bonds. The Balaban J connectivity index is 1.69. The number of ether oxygens (including phenoxy) is 4. The van der Waals surface area contributed by atoms with Crippen molar-refractivity contribution in [1.82, 2.24) is 0 Å². The smallest absolute Gasteiger partial charge is 0.334 e. The zero-order chi connectivity index (χ0) is 16.6. The van der Waals surface area contributed by atoms with Crippen molar-refractivity contribution in [2.75, 3.05) is 0 Å². The van der Waals surface area contributed by atoms with Crippen LogP contribution in [-0.2, 0) is 28.5 Å². The lowest BCUT2D eigenvalue weighted by Gasteiger charge is -2.28. The van der Waals surface area contributed by atoms with E-state index in [0.29, 0.717) is 12.0 Å². The summed E-state index contributed by atoms with van der Waals surface area (Å²) in [5.74, 6) is -1.18. The molecule has 0 N–H and O–H groups in total. The van der Waals surface area contributed by atoms with E-state index < -0.39 is 18.2 Å². The number of carbonyl (C=O) groups excluding carboxylic acids is 2. The second-order valence-electron chi connectivity index (χ2n) is 7.58. The molecule has 7 atom stereocenters. The van der Waals surface area contributed by atoms with E-state index in [1.165, 1.54) is 6.92 Å². The summed E-state index contributed by atoms with van der Waals surface area (Å²) in [7, 11) is 0. The van der Waals surface area contributed by atoms with E-state index in [1.807, 2.05) is 13.8 Å². The first kappa shape index (κ1) is 15.1. The average Bonchev–Trinajstić information content (AvgIpc) is 3.27. The Morgan fingerprint density at radius 3 is 2.74 bits per heavy atom. The topological polar surface area (TPSA) is 77.7 Å². The van der Waals surface area contributed by atoms with Gasteiger partial charge in [-0.2, -0.15) is 0 Å². The van der Waals surface area contributed by atoms with E-state index in [0.717, 1.165) is 12.8 Å². The SMILES string of the molecule is C=C1C(=O)O[C@H]2[C@@H]1[C@H](OC(C)=O)C[C@@]1(C)O[C@@H]1CC[C@@]1(C)O[C@H]21. The number of rotatable bonds is 1. The molecular weight excluding hydrogens is 300 g/mol. The van der Waals surface area contributed by atoms with Crippen molar-refractivity contribution in [3.05, 3.63) is 12.2 Å². The second-order valence-corrected chi connectivity index (χ2v) is 7.58. The molecule has 23 heavy (non-hydrogen) atoms. The van der Waals surface area contributed by atoms with E-state index in [4.69, 9.17) is 18.9 Å². The van der Waals surface area contributed by atoms with Gasteiger partial charge in [-0.3, -0.25) is 4.79 Å². The molecule has 4 aliphatic rings. The van der Waals surface area contributed by atoms with Crippen LogP contribution in [0.3, 0.4) is 0 Å². The summed E-state index contributed by atoms with van der Waals surface area (Å²) in [6, 6.07) is 0. The monoisotopic (exact) mass is 322 g/mol. The van der Waals surface area contributed by atoms with Gasteiger partial charge in [0.15, 0.2) is 0 Å². The maximum atomic E-state index is 12.1. The molecule has 6 nitrogen and oxygen atoms in total. The fourth-order valence-corrected chi connectivity index (χ4v) is 4.27. The third-order valence-corrected chi connectivity index (χ3v) is 5.76. The Bertz CT molecular complexity index is 600. The third-order valence-electron chi connectivity index (χ3n) is 5.76. The van der Waals surface area contributed by atoms with Gasteiger partial charge in [-0.25, -0.2) is 4.79 Å². The maximum absolute atomic E-state index is 12.1. The van der Waals surface area contributed by atoms with Gasteiger partial charge in [-0.05, 0) is 26.7 Å². The van der Waals surface area contributed by atoms with Gasteiger partial charge in [0.05, 0.1) is 23.2 Å². The molecule has 0 bridgehead atoms. The summed E-state index contributed by atoms with van der Waals surface area (Å²) >= 11 is 0. The van der Waals surface area contributed by atoms with Gasteiger partial charge >= 0.3 is 11.9 Å². The van der Waals surface area contributed by atoms with E-state index in [1.54, 1.807) is 0 Å². The maximum Gasteiger partial charge on any atom is 0.334 e. The number of epoxide rings is 2. The number of carbonyl (C=O) groups is 2. The number of hydrogen-bond acceptors (Lipinski definition) is 6. The van der Waals surface area contributed by atoms with Crippen LogP contribution in [0.15, 0.2) is 12.2 Å². The van der Waals surface area contributed by atoms with Crippen LogP contribution in [0, 0.1) is 5.92 Å². The normalized spacial score (nSPS) is 51.0. The van der Waals surface area contributed by atoms with Gasteiger partial charge in [0.25, 0.3) is 0 Å². The molecule has 6 heteroatoms. The van der Waals surface area contributed by atoms with Gasteiger partial charge in [0.1, 0.15) is 18.3 Å². The molecule has 0 aromatic rings. The van der Waals surface area contributed by atoms with Gasteiger partial charge in [-0.1, -0.05) is 6.58 Å². The Morgan fingerprint density at radius 2 is 2.04 bits per heavy atom. The highest BCUT2D eigenvalue weighted by Gasteiger charge is 2.66. The molecule has 3 aliphatic heterocycles. The molecule has 0 radical (unpaired) electrons. The van der Waals surface area contributed by atoms with Crippen molar-refractivity contribution in [3.8, 4) is 0 Å². The van der Waals surface area contributed by atoms with Crippen molar-refractivity contribution in [2.24, 2.45) is 5.92 Å². The lowest BCUT2D eigenvalue weighted by atomic mass is 9.79. The lowest BCUT2D eigenvalue weighted by molar-refractivity contribution is -0.151. The summed E-state index contributed by atoms with van der Waals surface area (Å²) < 4.78 is 22.8. The first-order valence-corrected chi connectivity index (χ1v) is 8.16. The quantitative estimate of drug-likeness (QED) is 0.414. The molecule has 3 saturated heterocycles. The predicted octanol–water partition coefficient (Wildman–Crippen LogP) is 1.51. The first-order valence-electron chi connectivity index (χ1n) is 8.16. The van der Waals surface area contributed by atoms with E-state index in [9.17, 15) is 9.59 Å². The van der Waals surface area contributed by atoms with Crippen molar-refractivity contribution in [1.29, 1.82) is 0 Å². The van der Waals surface area contributed by atoms with Crippen molar-refractivity contribution < 1.29 is 28.5 Å².